The molecule has 0 saturated carbocycles. The summed E-state index contributed by atoms with van der Waals surface area (Å²) < 4.78 is 6.40. The van der Waals surface area contributed by atoms with Gasteiger partial charge >= 0.3 is 0 Å². The minimum Gasteiger partial charge on any atom is -0.508 e. The highest BCUT2D eigenvalue weighted by Gasteiger charge is 2.24. The fourth-order valence-electron chi connectivity index (χ4n) is 4.25. The van der Waals surface area contributed by atoms with Gasteiger partial charge in [0.1, 0.15) is 23.0 Å². The molecule has 3 N–H and O–H groups in total. The summed E-state index contributed by atoms with van der Waals surface area (Å²) in [5, 5.41) is 31.7. The molecule has 0 aliphatic carbocycles. The minimum absolute atomic E-state index is 0.174. The summed E-state index contributed by atoms with van der Waals surface area (Å²) in [5.41, 5.74) is 7.02. The van der Waals surface area contributed by atoms with Gasteiger partial charge in [-0.1, -0.05) is 12.1 Å². The Kier molecular flexibility index (Phi) is 6.35. The van der Waals surface area contributed by atoms with Crippen molar-refractivity contribution in [2.45, 2.75) is 41.5 Å². The maximum atomic E-state index is 10.7. The van der Waals surface area contributed by atoms with Crippen LogP contribution in [0.3, 0.4) is 0 Å². The van der Waals surface area contributed by atoms with Gasteiger partial charge in [-0.15, -0.1) is 0 Å². The molecule has 4 aromatic rings. The number of hydrogen-bond donors (Lipinski definition) is 3. The molecule has 0 bridgehead atoms. The quantitative estimate of drug-likeness (QED) is 0.277. The molecule has 4 aromatic carbocycles. The van der Waals surface area contributed by atoms with Crippen molar-refractivity contribution in [2.75, 3.05) is 4.90 Å². The molecule has 35 heavy (non-hydrogen) atoms. The van der Waals surface area contributed by atoms with Crippen molar-refractivity contribution < 1.29 is 20.1 Å². The van der Waals surface area contributed by atoms with E-state index >= 15 is 0 Å². The number of phenolic OH excluding ortho intramolecular Hbond substituents is 3. The predicted molar refractivity (Wildman–Crippen MR) is 141 cm³/mol. The first-order valence-electron chi connectivity index (χ1n) is 11.5. The van der Waals surface area contributed by atoms with Crippen molar-refractivity contribution in [3.05, 3.63) is 94.0 Å². The zero-order valence-electron chi connectivity index (χ0n) is 21.0. The first kappa shape index (κ1) is 24.0. The number of anilines is 3. The van der Waals surface area contributed by atoms with Gasteiger partial charge < -0.3 is 25.0 Å². The summed E-state index contributed by atoms with van der Waals surface area (Å²) in [6, 6.07) is 18.7. The van der Waals surface area contributed by atoms with Crippen LogP contribution in [-0.4, -0.2) is 15.3 Å². The highest BCUT2D eigenvalue weighted by molar-refractivity contribution is 5.85. The zero-order chi connectivity index (χ0) is 25.4. The molecule has 180 valence electrons. The summed E-state index contributed by atoms with van der Waals surface area (Å²) in [6.45, 7) is 11.3. The largest absolute Gasteiger partial charge is 0.508 e. The number of ether oxygens (including phenoxy) is 1. The van der Waals surface area contributed by atoms with Gasteiger partial charge in [0.25, 0.3) is 0 Å². The molecule has 4 rings (SSSR count). The van der Waals surface area contributed by atoms with Gasteiger partial charge in [0.15, 0.2) is 5.75 Å². The van der Waals surface area contributed by atoms with Gasteiger partial charge in [-0.05, 0) is 107 Å². The molecule has 0 radical (unpaired) electrons. The summed E-state index contributed by atoms with van der Waals surface area (Å²) in [7, 11) is 0. The molecule has 0 atom stereocenters. The first-order chi connectivity index (χ1) is 16.6. The van der Waals surface area contributed by atoms with Crippen molar-refractivity contribution in [1.29, 1.82) is 0 Å². The Morgan fingerprint density at radius 2 is 0.971 bits per heavy atom. The number of phenols is 3. The Labute approximate surface area is 206 Å². The fourth-order valence-corrected chi connectivity index (χ4v) is 4.25. The van der Waals surface area contributed by atoms with E-state index in [1.807, 2.05) is 88.9 Å². The van der Waals surface area contributed by atoms with Gasteiger partial charge in [-0.3, -0.25) is 0 Å². The second kappa shape index (κ2) is 9.26. The second-order valence-corrected chi connectivity index (χ2v) is 9.17. The Balaban J connectivity index is 2.00. The minimum atomic E-state index is 0.174. The zero-order valence-corrected chi connectivity index (χ0v) is 21.0. The predicted octanol–water partition coefficient (Wildman–Crippen LogP) is 7.92. The Morgan fingerprint density at radius 3 is 1.51 bits per heavy atom. The average Bonchev–Trinajstić information content (AvgIpc) is 2.79. The Bertz CT molecular complexity index is 1370. The number of rotatable bonds is 5. The highest BCUT2D eigenvalue weighted by atomic mass is 16.5. The van der Waals surface area contributed by atoms with Crippen molar-refractivity contribution >= 4 is 17.1 Å². The van der Waals surface area contributed by atoms with Gasteiger partial charge in [-0.25, -0.2) is 0 Å². The Morgan fingerprint density at radius 1 is 0.514 bits per heavy atom. The lowest BCUT2D eigenvalue weighted by Gasteiger charge is -2.31. The van der Waals surface area contributed by atoms with Crippen LogP contribution in [0.15, 0.2) is 60.7 Å². The van der Waals surface area contributed by atoms with Crippen LogP contribution in [0.4, 0.5) is 17.1 Å². The van der Waals surface area contributed by atoms with E-state index in [9.17, 15) is 15.3 Å². The monoisotopic (exact) mass is 469 g/mol. The van der Waals surface area contributed by atoms with E-state index in [-0.39, 0.29) is 17.2 Å². The molecule has 0 aromatic heterocycles. The molecule has 0 aliphatic rings. The number of aryl methyl sites for hydroxylation is 3. The molecule has 0 aliphatic heterocycles. The van der Waals surface area contributed by atoms with E-state index < -0.39 is 0 Å². The van der Waals surface area contributed by atoms with Crippen LogP contribution in [0.2, 0.25) is 0 Å². The number of benzene rings is 4. The van der Waals surface area contributed by atoms with E-state index in [0.29, 0.717) is 28.2 Å². The van der Waals surface area contributed by atoms with Crippen LogP contribution in [0.25, 0.3) is 0 Å². The van der Waals surface area contributed by atoms with Crippen molar-refractivity contribution in [3.8, 4) is 28.7 Å². The van der Waals surface area contributed by atoms with Crippen LogP contribution < -0.4 is 9.64 Å². The molecule has 0 heterocycles. The lowest BCUT2D eigenvalue weighted by molar-refractivity contribution is 0.447. The van der Waals surface area contributed by atoms with E-state index in [1.54, 1.807) is 18.2 Å². The van der Waals surface area contributed by atoms with Gasteiger partial charge in [0.05, 0.1) is 17.1 Å². The summed E-state index contributed by atoms with van der Waals surface area (Å²) in [6.07, 6.45) is 0. The van der Waals surface area contributed by atoms with Crippen LogP contribution in [0.5, 0.6) is 28.7 Å². The average molecular weight is 470 g/mol. The summed E-state index contributed by atoms with van der Waals surface area (Å²) >= 11 is 0. The standard InChI is InChI=1S/C30H31NO4/c1-17-11-24(20(4)26(32)13-17)31(25-12-18(2)14-27(33)21(25)5)23-9-7-8-10-29(23)35-30-16-19(3)15-28(34)22(30)6/h7-16,32-34H,1-6H3. The molecule has 0 spiro atoms. The molecular weight excluding hydrogens is 438 g/mol. The van der Waals surface area contributed by atoms with E-state index in [2.05, 4.69) is 0 Å². The Hall–Kier alpha value is -4.12. The highest BCUT2D eigenvalue weighted by Crippen LogP contribution is 2.47. The van der Waals surface area contributed by atoms with Crippen LogP contribution in [-0.2, 0) is 0 Å². The fraction of sp³-hybridized carbons (Fsp3) is 0.200. The third-order valence-electron chi connectivity index (χ3n) is 6.28. The van der Waals surface area contributed by atoms with E-state index in [1.165, 1.54) is 0 Å². The van der Waals surface area contributed by atoms with Crippen molar-refractivity contribution in [3.63, 3.8) is 0 Å². The molecule has 0 fully saturated rings. The summed E-state index contributed by atoms with van der Waals surface area (Å²) in [5.74, 6) is 1.69. The van der Waals surface area contributed by atoms with Gasteiger partial charge in [0.2, 0.25) is 0 Å². The lowest BCUT2D eigenvalue weighted by Crippen LogP contribution is -2.14. The number of aromatic hydroxyl groups is 3. The maximum absolute atomic E-state index is 10.7. The topological polar surface area (TPSA) is 73.2 Å². The SMILES string of the molecule is Cc1cc(O)c(C)c(Oc2ccccc2N(c2cc(C)cc(O)c2C)c2cc(C)cc(O)c2C)c1. The van der Waals surface area contributed by atoms with Crippen LogP contribution in [0, 0.1) is 41.5 Å². The lowest BCUT2D eigenvalue weighted by atomic mass is 10.0. The van der Waals surface area contributed by atoms with Gasteiger partial charge in [0, 0.05) is 16.7 Å². The third kappa shape index (κ3) is 4.62. The molecular formula is C30H31NO4. The van der Waals surface area contributed by atoms with E-state index in [4.69, 9.17) is 4.74 Å². The normalized spacial score (nSPS) is 10.9. The van der Waals surface area contributed by atoms with Crippen LogP contribution >= 0.6 is 0 Å². The third-order valence-corrected chi connectivity index (χ3v) is 6.28. The molecule has 0 unspecified atom stereocenters. The molecule has 0 saturated heterocycles. The smallest absolute Gasteiger partial charge is 0.151 e. The number of nitrogens with zero attached hydrogens (tertiary/aromatic N) is 1. The van der Waals surface area contributed by atoms with E-state index in [0.717, 1.165) is 33.8 Å². The number of para-hydroxylation sites is 2. The van der Waals surface area contributed by atoms with Gasteiger partial charge in [-0.2, -0.15) is 0 Å². The molecule has 5 heteroatoms. The van der Waals surface area contributed by atoms with Crippen molar-refractivity contribution in [1.82, 2.24) is 0 Å². The second-order valence-electron chi connectivity index (χ2n) is 9.17. The molecule has 5 nitrogen and oxygen atoms in total. The first-order valence-corrected chi connectivity index (χ1v) is 11.5. The van der Waals surface area contributed by atoms with Crippen LogP contribution in [0.1, 0.15) is 33.4 Å². The summed E-state index contributed by atoms with van der Waals surface area (Å²) in [4.78, 5) is 2.00. The number of hydrogen-bond acceptors (Lipinski definition) is 5. The van der Waals surface area contributed by atoms with Crippen molar-refractivity contribution in [2.24, 2.45) is 0 Å². The maximum Gasteiger partial charge on any atom is 0.151 e. The molecule has 0 amide bonds.